The summed E-state index contributed by atoms with van der Waals surface area (Å²) >= 11 is 0. The molecule has 1 aromatic carbocycles. The molecule has 1 saturated heterocycles. The normalized spacial score (nSPS) is 20.8. The Hall–Kier alpha value is -2.04. The average Bonchev–Trinajstić information content (AvgIpc) is 2.46. The second kappa shape index (κ2) is 3.52. The third-order valence-electron chi connectivity index (χ3n) is 2.75. The van der Waals surface area contributed by atoms with E-state index in [4.69, 9.17) is 5.11 Å². The SMILES string of the molecule is CN1C(=O)[C@H](c2ccc(O)cc2)N(C)C1=O. The summed E-state index contributed by atoms with van der Waals surface area (Å²) in [5.41, 5.74) is 0.697. The van der Waals surface area contributed by atoms with Crippen molar-refractivity contribution in [1.29, 1.82) is 0 Å². The summed E-state index contributed by atoms with van der Waals surface area (Å²) in [6.07, 6.45) is 0. The number of carbonyl (C=O) groups excluding carboxylic acids is 2. The fourth-order valence-electron chi connectivity index (χ4n) is 1.81. The number of phenols is 1. The van der Waals surface area contributed by atoms with Crippen LogP contribution >= 0.6 is 0 Å². The highest BCUT2D eigenvalue weighted by atomic mass is 16.3. The summed E-state index contributed by atoms with van der Waals surface area (Å²) in [4.78, 5) is 25.8. The highest BCUT2D eigenvalue weighted by molar-refractivity contribution is 6.04. The largest absolute Gasteiger partial charge is 0.508 e. The van der Waals surface area contributed by atoms with Gasteiger partial charge < -0.3 is 10.0 Å². The number of urea groups is 1. The molecule has 3 amide bonds. The average molecular weight is 220 g/mol. The molecule has 0 aromatic heterocycles. The Morgan fingerprint density at radius 1 is 1.12 bits per heavy atom. The maximum absolute atomic E-state index is 11.8. The van der Waals surface area contributed by atoms with E-state index in [-0.39, 0.29) is 17.7 Å². The monoisotopic (exact) mass is 220 g/mol. The van der Waals surface area contributed by atoms with Crippen molar-refractivity contribution in [3.63, 3.8) is 0 Å². The smallest absolute Gasteiger partial charge is 0.327 e. The minimum Gasteiger partial charge on any atom is -0.508 e. The minimum absolute atomic E-state index is 0.136. The van der Waals surface area contributed by atoms with Crippen LogP contribution in [0.4, 0.5) is 4.79 Å². The van der Waals surface area contributed by atoms with Crippen LogP contribution in [0.3, 0.4) is 0 Å². The standard InChI is InChI=1S/C11H12N2O3/c1-12-9(10(15)13(2)11(12)16)7-3-5-8(14)6-4-7/h3-6,9,14H,1-2H3/t9-/m0/s1. The predicted molar refractivity (Wildman–Crippen MR) is 56.8 cm³/mol. The van der Waals surface area contributed by atoms with E-state index in [1.54, 1.807) is 19.2 Å². The van der Waals surface area contributed by atoms with Crippen molar-refractivity contribution >= 4 is 11.9 Å². The summed E-state index contributed by atoms with van der Waals surface area (Å²) in [5, 5.41) is 9.16. The summed E-state index contributed by atoms with van der Waals surface area (Å²) in [6, 6.07) is 5.38. The van der Waals surface area contributed by atoms with E-state index in [1.165, 1.54) is 24.1 Å². The van der Waals surface area contributed by atoms with Gasteiger partial charge in [0.15, 0.2) is 0 Å². The minimum atomic E-state index is -0.585. The molecule has 84 valence electrons. The molecule has 1 fully saturated rings. The first-order chi connectivity index (χ1) is 7.52. The lowest BCUT2D eigenvalue weighted by molar-refractivity contribution is -0.127. The van der Waals surface area contributed by atoms with Crippen LogP contribution in [0.2, 0.25) is 0 Å². The number of aromatic hydroxyl groups is 1. The van der Waals surface area contributed by atoms with Crippen molar-refractivity contribution in [1.82, 2.24) is 9.80 Å². The number of carbonyl (C=O) groups is 2. The number of imide groups is 1. The molecule has 1 aromatic rings. The molecule has 0 unspecified atom stereocenters. The fourth-order valence-corrected chi connectivity index (χ4v) is 1.81. The van der Waals surface area contributed by atoms with Crippen LogP contribution in [-0.2, 0) is 4.79 Å². The maximum atomic E-state index is 11.8. The van der Waals surface area contributed by atoms with Crippen LogP contribution in [0.1, 0.15) is 11.6 Å². The molecule has 5 nitrogen and oxygen atoms in total. The van der Waals surface area contributed by atoms with Crippen molar-refractivity contribution in [2.24, 2.45) is 0 Å². The first-order valence-electron chi connectivity index (χ1n) is 4.85. The molecule has 0 aliphatic carbocycles. The highest BCUT2D eigenvalue weighted by Gasteiger charge is 2.41. The van der Waals surface area contributed by atoms with Crippen LogP contribution in [0.15, 0.2) is 24.3 Å². The van der Waals surface area contributed by atoms with Gasteiger partial charge in [-0.2, -0.15) is 0 Å². The van der Waals surface area contributed by atoms with Gasteiger partial charge in [-0.25, -0.2) is 4.79 Å². The molecular weight excluding hydrogens is 208 g/mol. The summed E-state index contributed by atoms with van der Waals surface area (Å²) in [6.45, 7) is 0. The Morgan fingerprint density at radius 2 is 1.69 bits per heavy atom. The van der Waals surface area contributed by atoms with Gasteiger partial charge in [0.1, 0.15) is 11.8 Å². The Labute approximate surface area is 92.9 Å². The van der Waals surface area contributed by atoms with Gasteiger partial charge >= 0.3 is 6.03 Å². The molecule has 0 spiro atoms. The molecule has 1 aliphatic rings. The van der Waals surface area contributed by atoms with E-state index in [9.17, 15) is 9.59 Å². The van der Waals surface area contributed by atoms with Gasteiger partial charge in [0.25, 0.3) is 5.91 Å². The Balaban J connectivity index is 2.38. The van der Waals surface area contributed by atoms with Gasteiger partial charge in [0.2, 0.25) is 0 Å². The van der Waals surface area contributed by atoms with Gasteiger partial charge in [-0.3, -0.25) is 9.69 Å². The van der Waals surface area contributed by atoms with Gasteiger partial charge in [-0.15, -0.1) is 0 Å². The number of hydrogen-bond acceptors (Lipinski definition) is 3. The van der Waals surface area contributed by atoms with E-state index >= 15 is 0 Å². The molecular formula is C11H12N2O3. The highest BCUT2D eigenvalue weighted by Crippen LogP contribution is 2.29. The van der Waals surface area contributed by atoms with Crippen molar-refractivity contribution in [3.8, 4) is 5.75 Å². The summed E-state index contributed by atoms with van der Waals surface area (Å²) in [7, 11) is 3.04. The van der Waals surface area contributed by atoms with Crippen LogP contribution in [0.25, 0.3) is 0 Å². The first kappa shape index (κ1) is 10.5. The van der Waals surface area contributed by atoms with E-state index < -0.39 is 6.04 Å². The van der Waals surface area contributed by atoms with E-state index in [0.717, 1.165) is 4.90 Å². The zero-order valence-corrected chi connectivity index (χ0v) is 9.04. The molecule has 0 saturated carbocycles. The Kier molecular flexibility index (Phi) is 2.30. The second-order valence-electron chi connectivity index (χ2n) is 3.78. The number of benzene rings is 1. The molecule has 1 heterocycles. The van der Waals surface area contributed by atoms with E-state index in [1.807, 2.05) is 0 Å². The van der Waals surface area contributed by atoms with Crippen LogP contribution in [0.5, 0.6) is 5.75 Å². The molecule has 16 heavy (non-hydrogen) atoms. The summed E-state index contributed by atoms with van der Waals surface area (Å²) < 4.78 is 0. The number of hydrogen-bond donors (Lipinski definition) is 1. The van der Waals surface area contributed by atoms with Crippen molar-refractivity contribution in [2.75, 3.05) is 14.1 Å². The molecule has 1 aliphatic heterocycles. The number of amides is 3. The zero-order valence-electron chi connectivity index (χ0n) is 9.04. The van der Waals surface area contributed by atoms with E-state index in [2.05, 4.69) is 0 Å². The van der Waals surface area contributed by atoms with Crippen molar-refractivity contribution in [2.45, 2.75) is 6.04 Å². The molecule has 0 radical (unpaired) electrons. The molecule has 1 N–H and O–H groups in total. The lowest BCUT2D eigenvalue weighted by Gasteiger charge is -2.16. The lowest BCUT2D eigenvalue weighted by Crippen LogP contribution is -2.27. The number of rotatable bonds is 1. The van der Waals surface area contributed by atoms with E-state index in [0.29, 0.717) is 5.56 Å². The van der Waals surface area contributed by atoms with Crippen molar-refractivity contribution < 1.29 is 14.7 Å². The Morgan fingerprint density at radius 3 is 2.12 bits per heavy atom. The van der Waals surface area contributed by atoms with Gasteiger partial charge in [0, 0.05) is 14.1 Å². The maximum Gasteiger partial charge on any atom is 0.327 e. The Bertz CT molecular complexity index is 441. The quantitative estimate of drug-likeness (QED) is 0.717. The lowest BCUT2D eigenvalue weighted by atomic mass is 10.1. The fraction of sp³-hybridized carbons (Fsp3) is 0.273. The third-order valence-corrected chi connectivity index (χ3v) is 2.75. The van der Waals surface area contributed by atoms with Gasteiger partial charge in [0.05, 0.1) is 0 Å². The van der Waals surface area contributed by atoms with Crippen LogP contribution < -0.4 is 0 Å². The van der Waals surface area contributed by atoms with Crippen LogP contribution in [0, 0.1) is 0 Å². The van der Waals surface area contributed by atoms with Gasteiger partial charge in [-0.05, 0) is 17.7 Å². The molecule has 1 atom stereocenters. The number of nitrogens with zero attached hydrogens (tertiary/aromatic N) is 2. The molecule has 5 heteroatoms. The van der Waals surface area contributed by atoms with Crippen molar-refractivity contribution in [3.05, 3.63) is 29.8 Å². The second-order valence-corrected chi connectivity index (χ2v) is 3.78. The number of phenolic OH excluding ortho intramolecular Hbond substituents is 1. The predicted octanol–water partition coefficient (Wildman–Crippen LogP) is 0.957. The first-order valence-corrected chi connectivity index (χ1v) is 4.85. The van der Waals surface area contributed by atoms with Crippen LogP contribution in [-0.4, -0.2) is 40.9 Å². The molecule has 0 bridgehead atoms. The topological polar surface area (TPSA) is 60.9 Å². The van der Waals surface area contributed by atoms with Gasteiger partial charge in [-0.1, -0.05) is 12.1 Å². The molecule has 2 rings (SSSR count). The summed E-state index contributed by atoms with van der Waals surface area (Å²) in [5.74, 6) is -0.116. The zero-order chi connectivity index (χ0) is 11.9. The number of likely N-dealkylation sites (N-methyl/N-ethyl adjacent to an activating group) is 2. The third kappa shape index (κ3) is 1.41.